The molecular formula is C16H22FNO. The number of aryl methyl sites for hydroxylation is 1. The molecule has 0 radical (unpaired) electrons. The van der Waals surface area contributed by atoms with E-state index in [0.717, 1.165) is 38.0 Å². The van der Waals surface area contributed by atoms with Gasteiger partial charge in [-0.3, -0.25) is 0 Å². The van der Waals surface area contributed by atoms with Crippen LogP contribution in [-0.4, -0.2) is 18.3 Å². The lowest BCUT2D eigenvalue weighted by molar-refractivity contribution is 0.0894. The van der Waals surface area contributed by atoms with Crippen LogP contribution in [-0.2, 0) is 12.8 Å². The van der Waals surface area contributed by atoms with Crippen molar-refractivity contribution in [2.75, 3.05) is 6.61 Å². The Morgan fingerprint density at radius 2 is 2.11 bits per heavy atom. The molecule has 0 aromatic heterocycles. The average Bonchev–Trinajstić information content (AvgIpc) is 2.88. The number of fused-ring (bicyclic) bond motifs is 1. The Hall–Kier alpha value is -1.09. The van der Waals surface area contributed by atoms with Crippen LogP contribution in [0.15, 0.2) is 18.2 Å². The van der Waals surface area contributed by atoms with Gasteiger partial charge in [-0.25, -0.2) is 4.39 Å². The Labute approximate surface area is 114 Å². The van der Waals surface area contributed by atoms with Gasteiger partial charge in [0.05, 0.1) is 6.61 Å². The van der Waals surface area contributed by atoms with Crippen molar-refractivity contribution < 1.29 is 9.13 Å². The summed E-state index contributed by atoms with van der Waals surface area (Å²) in [6.07, 6.45) is 5.34. The molecule has 1 fully saturated rings. The summed E-state index contributed by atoms with van der Waals surface area (Å²) >= 11 is 0. The first-order chi connectivity index (χ1) is 9.15. The van der Waals surface area contributed by atoms with Crippen LogP contribution in [0.3, 0.4) is 0 Å². The predicted molar refractivity (Wildman–Crippen MR) is 74.2 cm³/mol. The Bertz CT molecular complexity index is 452. The van der Waals surface area contributed by atoms with Gasteiger partial charge in [0, 0.05) is 12.5 Å². The molecule has 2 aliphatic rings. The van der Waals surface area contributed by atoms with Crippen molar-refractivity contribution in [3.8, 4) is 5.75 Å². The van der Waals surface area contributed by atoms with Crippen LogP contribution in [0.1, 0.15) is 43.2 Å². The number of nitrogens with two attached hydrogens (primary N) is 1. The Balaban J connectivity index is 1.60. The van der Waals surface area contributed by atoms with Crippen LogP contribution in [0.5, 0.6) is 5.75 Å². The molecule has 0 unspecified atom stereocenters. The molecule has 3 rings (SSSR count). The number of ether oxygens (including phenoxy) is 1. The molecule has 3 heteroatoms. The second kappa shape index (κ2) is 5.12. The molecule has 1 aliphatic heterocycles. The van der Waals surface area contributed by atoms with E-state index in [1.165, 1.54) is 11.1 Å². The van der Waals surface area contributed by atoms with Gasteiger partial charge in [0.25, 0.3) is 0 Å². The van der Waals surface area contributed by atoms with Crippen molar-refractivity contribution >= 4 is 0 Å². The molecular weight excluding hydrogens is 241 g/mol. The van der Waals surface area contributed by atoms with E-state index in [1.54, 1.807) is 0 Å². The number of rotatable bonds is 3. The molecule has 0 bridgehead atoms. The van der Waals surface area contributed by atoms with Crippen LogP contribution in [0.4, 0.5) is 4.39 Å². The van der Waals surface area contributed by atoms with E-state index < -0.39 is 5.67 Å². The zero-order valence-electron chi connectivity index (χ0n) is 11.3. The topological polar surface area (TPSA) is 35.2 Å². The predicted octanol–water partition coefficient (Wildman–Crippen LogP) is 3.16. The molecule has 0 amide bonds. The second-order valence-electron chi connectivity index (χ2n) is 6.03. The lowest BCUT2D eigenvalue weighted by Gasteiger charge is -2.32. The molecule has 2 nitrogen and oxygen atoms in total. The summed E-state index contributed by atoms with van der Waals surface area (Å²) in [4.78, 5) is 0. The fourth-order valence-electron chi connectivity index (χ4n) is 3.17. The molecule has 19 heavy (non-hydrogen) atoms. The van der Waals surface area contributed by atoms with Gasteiger partial charge in [0.2, 0.25) is 0 Å². The van der Waals surface area contributed by atoms with Crippen LogP contribution in [0.25, 0.3) is 0 Å². The highest BCUT2D eigenvalue weighted by Gasteiger charge is 2.33. The molecule has 1 heterocycles. The molecule has 0 spiro atoms. The van der Waals surface area contributed by atoms with Gasteiger partial charge in [-0.2, -0.15) is 0 Å². The second-order valence-corrected chi connectivity index (χ2v) is 6.03. The molecule has 1 aromatic rings. The van der Waals surface area contributed by atoms with Crippen LogP contribution in [0, 0.1) is 0 Å². The maximum atomic E-state index is 14.6. The third kappa shape index (κ3) is 2.92. The molecule has 0 atom stereocenters. The van der Waals surface area contributed by atoms with Gasteiger partial charge < -0.3 is 10.5 Å². The van der Waals surface area contributed by atoms with E-state index >= 15 is 0 Å². The first-order valence-electron chi connectivity index (χ1n) is 7.34. The van der Waals surface area contributed by atoms with E-state index in [4.69, 9.17) is 10.5 Å². The molecule has 2 N–H and O–H groups in total. The summed E-state index contributed by atoms with van der Waals surface area (Å²) < 4.78 is 20.1. The van der Waals surface area contributed by atoms with E-state index in [1.807, 2.05) is 6.07 Å². The first kappa shape index (κ1) is 12.9. The number of halogens is 1. The third-order valence-electron chi connectivity index (χ3n) is 4.54. The van der Waals surface area contributed by atoms with E-state index in [-0.39, 0.29) is 6.04 Å². The number of hydrogen-bond acceptors (Lipinski definition) is 2. The average molecular weight is 263 g/mol. The summed E-state index contributed by atoms with van der Waals surface area (Å²) in [6, 6.07) is 6.49. The molecule has 1 aromatic carbocycles. The van der Waals surface area contributed by atoms with Crippen molar-refractivity contribution in [3.63, 3.8) is 0 Å². The van der Waals surface area contributed by atoms with Crippen molar-refractivity contribution in [1.82, 2.24) is 0 Å². The van der Waals surface area contributed by atoms with Crippen molar-refractivity contribution in [3.05, 3.63) is 29.3 Å². The molecule has 1 aliphatic carbocycles. The van der Waals surface area contributed by atoms with Crippen molar-refractivity contribution in [2.45, 2.75) is 56.7 Å². The zero-order valence-corrected chi connectivity index (χ0v) is 11.3. The smallest absolute Gasteiger partial charge is 0.122 e. The van der Waals surface area contributed by atoms with Crippen LogP contribution >= 0.6 is 0 Å². The van der Waals surface area contributed by atoms with E-state index in [9.17, 15) is 4.39 Å². The van der Waals surface area contributed by atoms with Crippen molar-refractivity contribution in [2.24, 2.45) is 5.73 Å². The van der Waals surface area contributed by atoms with Gasteiger partial charge in [0.1, 0.15) is 11.4 Å². The number of benzene rings is 1. The monoisotopic (exact) mass is 263 g/mol. The van der Waals surface area contributed by atoms with Crippen molar-refractivity contribution in [1.29, 1.82) is 0 Å². The van der Waals surface area contributed by atoms with Crippen LogP contribution in [0.2, 0.25) is 0 Å². The quantitative estimate of drug-likeness (QED) is 0.909. The van der Waals surface area contributed by atoms with E-state index in [0.29, 0.717) is 19.3 Å². The SMILES string of the molecule is NC1CCC(F)(CCc2ccc3c(c2)CCO3)CC1. The largest absolute Gasteiger partial charge is 0.493 e. The van der Waals surface area contributed by atoms with Crippen LogP contribution < -0.4 is 10.5 Å². The number of hydrogen-bond donors (Lipinski definition) is 1. The summed E-state index contributed by atoms with van der Waals surface area (Å²) in [5.74, 6) is 1.00. The number of alkyl halides is 1. The normalized spacial score (nSPS) is 29.9. The van der Waals surface area contributed by atoms with Gasteiger partial charge in [-0.15, -0.1) is 0 Å². The fourth-order valence-corrected chi connectivity index (χ4v) is 3.17. The maximum absolute atomic E-state index is 14.6. The molecule has 1 saturated carbocycles. The highest BCUT2D eigenvalue weighted by Crippen LogP contribution is 2.35. The maximum Gasteiger partial charge on any atom is 0.122 e. The summed E-state index contributed by atoms with van der Waals surface area (Å²) in [5, 5.41) is 0. The summed E-state index contributed by atoms with van der Waals surface area (Å²) in [7, 11) is 0. The third-order valence-corrected chi connectivity index (χ3v) is 4.54. The van der Waals surface area contributed by atoms with Gasteiger partial charge in [-0.1, -0.05) is 12.1 Å². The minimum atomic E-state index is -0.995. The highest BCUT2D eigenvalue weighted by atomic mass is 19.1. The minimum absolute atomic E-state index is 0.209. The first-order valence-corrected chi connectivity index (χ1v) is 7.34. The summed E-state index contributed by atoms with van der Waals surface area (Å²) in [5.41, 5.74) is 7.36. The van der Waals surface area contributed by atoms with Gasteiger partial charge in [0.15, 0.2) is 0 Å². The van der Waals surface area contributed by atoms with Gasteiger partial charge in [-0.05, 0) is 55.7 Å². The summed E-state index contributed by atoms with van der Waals surface area (Å²) in [6.45, 7) is 0.781. The lowest BCUT2D eigenvalue weighted by Crippen LogP contribution is -2.35. The highest BCUT2D eigenvalue weighted by molar-refractivity contribution is 5.39. The standard InChI is InChI=1S/C16H22FNO/c17-16(8-4-14(18)5-9-16)7-3-12-1-2-15-13(11-12)6-10-19-15/h1-2,11,14H,3-10,18H2. The Morgan fingerprint density at radius 3 is 2.89 bits per heavy atom. The van der Waals surface area contributed by atoms with Gasteiger partial charge >= 0.3 is 0 Å². The Kier molecular flexibility index (Phi) is 3.48. The Morgan fingerprint density at radius 1 is 1.32 bits per heavy atom. The zero-order chi connectivity index (χ0) is 13.3. The molecule has 0 saturated heterocycles. The fraction of sp³-hybridized carbons (Fsp3) is 0.625. The molecule has 104 valence electrons. The lowest BCUT2D eigenvalue weighted by atomic mass is 9.80. The van der Waals surface area contributed by atoms with E-state index in [2.05, 4.69) is 12.1 Å². The minimum Gasteiger partial charge on any atom is -0.493 e.